The van der Waals surface area contributed by atoms with Gasteiger partial charge in [-0.3, -0.25) is 0 Å². The van der Waals surface area contributed by atoms with E-state index in [4.69, 9.17) is 0 Å². The van der Waals surface area contributed by atoms with Gasteiger partial charge in [0.2, 0.25) is 0 Å². The summed E-state index contributed by atoms with van der Waals surface area (Å²) in [4.78, 5) is 0. The van der Waals surface area contributed by atoms with Crippen LogP contribution in [0.5, 0.6) is 0 Å². The van der Waals surface area contributed by atoms with Gasteiger partial charge in [0.25, 0.3) is 0 Å². The van der Waals surface area contributed by atoms with Crippen molar-refractivity contribution in [2.24, 2.45) is 40.9 Å². The smallest absolute Gasteiger partial charge is 0.0787 e. The molecule has 3 aliphatic carbocycles. The highest BCUT2D eigenvalue weighted by molar-refractivity contribution is 5.23. The van der Waals surface area contributed by atoms with E-state index < -0.39 is 5.60 Å². The lowest BCUT2D eigenvalue weighted by Gasteiger charge is -2.75. The molecule has 0 aromatic rings. The Labute approximate surface area is 136 Å². The highest BCUT2D eigenvalue weighted by Crippen LogP contribution is 2.73. The summed E-state index contributed by atoms with van der Waals surface area (Å²) in [6.45, 7) is 9.35. The normalized spacial score (nSPS) is 50.6. The van der Waals surface area contributed by atoms with Crippen molar-refractivity contribution < 1.29 is 10.2 Å². The van der Waals surface area contributed by atoms with Crippen molar-refractivity contribution in [3.05, 3.63) is 0 Å². The van der Waals surface area contributed by atoms with Gasteiger partial charge in [-0.2, -0.15) is 0 Å². The molecule has 22 heavy (non-hydrogen) atoms. The molecule has 0 bridgehead atoms. The fourth-order valence-corrected chi connectivity index (χ4v) is 6.75. The van der Waals surface area contributed by atoms with Gasteiger partial charge in [0.15, 0.2) is 0 Å². The lowest BCUT2D eigenvalue weighted by atomic mass is 9.32. The quantitative estimate of drug-likeness (QED) is 0.797. The van der Waals surface area contributed by atoms with Crippen LogP contribution in [0.4, 0.5) is 0 Å². The molecule has 2 heteroatoms. The van der Waals surface area contributed by atoms with E-state index in [0.29, 0.717) is 29.6 Å². The predicted octanol–water partition coefficient (Wildman–Crippen LogP) is 4.24. The molecule has 2 N–H and O–H groups in total. The maximum atomic E-state index is 11.7. The van der Waals surface area contributed by atoms with E-state index in [1.807, 2.05) is 0 Å². The Balaban J connectivity index is 1.86. The number of rotatable bonds is 5. The molecule has 3 aliphatic rings. The molecular formula is C20H36O2. The number of aliphatic hydroxyl groups excluding tert-OH is 1. The van der Waals surface area contributed by atoms with Crippen LogP contribution >= 0.6 is 0 Å². The largest absolute Gasteiger partial charge is 0.396 e. The van der Waals surface area contributed by atoms with Crippen molar-refractivity contribution in [1.82, 2.24) is 0 Å². The lowest BCUT2D eigenvalue weighted by molar-refractivity contribution is -0.345. The molecule has 3 rings (SSSR count). The molecule has 7 atom stereocenters. The Bertz CT molecular complexity index is 407. The van der Waals surface area contributed by atoms with E-state index in [9.17, 15) is 10.2 Å². The van der Waals surface area contributed by atoms with Crippen molar-refractivity contribution in [2.45, 2.75) is 78.2 Å². The first kappa shape index (κ1) is 16.8. The first-order chi connectivity index (χ1) is 10.4. The van der Waals surface area contributed by atoms with E-state index in [-0.39, 0.29) is 12.0 Å². The zero-order valence-corrected chi connectivity index (χ0v) is 15.0. The standard InChI is InChI=1S/C20H36O2/c1-13(2)6-5-11-19(12-21)17-10-7-14(3)16-9-8-15(4)20(19,22)18(16)17/h13-18,21-22H,5-12H2,1-4H3/t14-,15-,16-,17+,18-,19-,20+/m1/s1. The lowest BCUT2D eigenvalue weighted by Crippen LogP contribution is -2.78. The zero-order valence-electron chi connectivity index (χ0n) is 15.0. The fraction of sp³-hybridized carbons (Fsp3) is 1.00. The highest BCUT2D eigenvalue weighted by Gasteiger charge is 2.75. The van der Waals surface area contributed by atoms with E-state index in [2.05, 4.69) is 27.7 Å². The third-order valence-corrected chi connectivity index (χ3v) is 7.95. The van der Waals surface area contributed by atoms with Crippen LogP contribution < -0.4 is 0 Å². The van der Waals surface area contributed by atoms with Crippen molar-refractivity contribution in [2.75, 3.05) is 6.61 Å². The summed E-state index contributed by atoms with van der Waals surface area (Å²) < 4.78 is 0. The Kier molecular flexibility index (Phi) is 4.40. The number of aliphatic hydroxyl groups is 2. The molecule has 2 nitrogen and oxygen atoms in total. The van der Waals surface area contributed by atoms with Gasteiger partial charge in [-0.25, -0.2) is 0 Å². The predicted molar refractivity (Wildman–Crippen MR) is 90.4 cm³/mol. The topological polar surface area (TPSA) is 40.5 Å². The summed E-state index contributed by atoms with van der Waals surface area (Å²) in [6, 6.07) is 0. The molecule has 0 amide bonds. The Morgan fingerprint density at radius 2 is 1.82 bits per heavy atom. The van der Waals surface area contributed by atoms with Crippen molar-refractivity contribution in [1.29, 1.82) is 0 Å². The van der Waals surface area contributed by atoms with Crippen molar-refractivity contribution in [3.63, 3.8) is 0 Å². The summed E-state index contributed by atoms with van der Waals surface area (Å²) >= 11 is 0. The molecule has 3 saturated carbocycles. The third-order valence-electron chi connectivity index (χ3n) is 7.95. The van der Waals surface area contributed by atoms with Gasteiger partial charge >= 0.3 is 0 Å². The Hall–Kier alpha value is -0.0800. The van der Waals surface area contributed by atoms with Gasteiger partial charge in [-0.15, -0.1) is 0 Å². The maximum absolute atomic E-state index is 11.7. The summed E-state index contributed by atoms with van der Waals surface area (Å²) in [7, 11) is 0. The summed E-state index contributed by atoms with van der Waals surface area (Å²) in [5.74, 6) is 3.55. The summed E-state index contributed by atoms with van der Waals surface area (Å²) in [6.07, 6.45) is 8.33. The van der Waals surface area contributed by atoms with Crippen LogP contribution in [0.25, 0.3) is 0 Å². The SMILES string of the molecule is CC(C)CCC[C@@]1(CO)[C@H]2CC[C@@H](C)[C@H]3CC[C@@H](C)[C@]1(O)[C@H]32. The molecule has 3 fully saturated rings. The Morgan fingerprint density at radius 3 is 2.45 bits per heavy atom. The average Bonchev–Trinajstić information content (AvgIpc) is 2.48. The van der Waals surface area contributed by atoms with Crippen molar-refractivity contribution >= 4 is 0 Å². The van der Waals surface area contributed by atoms with E-state index in [0.717, 1.165) is 25.2 Å². The second-order valence-electron chi connectivity index (χ2n) is 9.25. The van der Waals surface area contributed by atoms with Gasteiger partial charge in [0.1, 0.15) is 0 Å². The van der Waals surface area contributed by atoms with Crippen LogP contribution in [0.1, 0.15) is 72.6 Å². The van der Waals surface area contributed by atoms with Crippen LogP contribution in [0.3, 0.4) is 0 Å². The van der Waals surface area contributed by atoms with Crippen LogP contribution in [0.2, 0.25) is 0 Å². The summed E-state index contributed by atoms with van der Waals surface area (Å²) in [5, 5.41) is 22.1. The minimum atomic E-state index is -0.596. The molecule has 0 unspecified atom stereocenters. The molecule has 0 aliphatic heterocycles. The minimum Gasteiger partial charge on any atom is -0.396 e. The fourth-order valence-electron chi connectivity index (χ4n) is 6.75. The van der Waals surface area contributed by atoms with Crippen LogP contribution in [0.15, 0.2) is 0 Å². The van der Waals surface area contributed by atoms with E-state index >= 15 is 0 Å². The maximum Gasteiger partial charge on any atom is 0.0787 e. The van der Waals surface area contributed by atoms with E-state index in [1.165, 1.54) is 25.7 Å². The molecule has 0 radical (unpaired) electrons. The molecule has 0 aromatic heterocycles. The van der Waals surface area contributed by atoms with Crippen LogP contribution in [0, 0.1) is 40.9 Å². The number of hydrogen-bond acceptors (Lipinski definition) is 2. The van der Waals surface area contributed by atoms with Crippen molar-refractivity contribution in [3.8, 4) is 0 Å². The molecule has 0 heterocycles. The second-order valence-corrected chi connectivity index (χ2v) is 9.25. The molecule has 0 aromatic carbocycles. The highest BCUT2D eigenvalue weighted by atomic mass is 16.3. The van der Waals surface area contributed by atoms with Gasteiger partial charge in [-0.1, -0.05) is 47.0 Å². The van der Waals surface area contributed by atoms with Crippen LogP contribution in [-0.4, -0.2) is 22.4 Å². The second kappa shape index (κ2) is 5.77. The monoisotopic (exact) mass is 308 g/mol. The Morgan fingerprint density at radius 1 is 1.09 bits per heavy atom. The average molecular weight is 309 g/mol. The molecule has 0 spiro atoms. The first-order valence-electron chi connectivity index (χ1n) is 9.71. The first-order valence-corrected chi connectivity index (χ1v) is 9.71. The van der Waals surface area contributed by atoms with E-state index in [1.54, 1.807) is 0 Å². The van der Waals surface area contributed by atoms with Gasteiger partial charge < -0.3 is 10.2 Å². The van der Waals surface area contributed by atoms with Gasteiger partial charge in [0, 0.05) is 5.41 Å². The minimum absolute atomic E-state index is 0.189. The zero-order chi connectivity index (χ0) is 16.1. The molecule has 128 valence electrons. The van der Waals surface area contributed by atoms with Crippen LogP contribution in [-0.2, 0) is 0 Å². The summed E-state index contributed by atoms with van der Waals surface area (Å²) in [5.41, 5.74) is -0.800. The third kappa shape index (κ3) is 2.05. The van der Waals surface area contributed by atoms with Gasteiger partial charge in [-0.05, 0) is 61.2 Å². The molecular weight excluding hydrogens is 272 g/mol. The number of hydrogen-bond donors (Lipinski definition) is 2. The molecule has 0 saturated heterocycles. The van der Waals surface area contributed by atoms with Gasteiger partial charge in [0.05, 0.1) is 12.2 Å².